The Morgan fingerprint density at radius 2 is 2.12 bits per heavy atom. The summed E-state index contributed by atoms with van der Waals surface area (Å²) >= 11 is 0. The Labute approximate surface area is 103 Å². The van der Waals surface area contributed by atoms with Gasteiger partial charge < -0.3 is 15.2 Å². The van der Waals surface area contributed by atoms with Crippen molar-refractivity contribution in [2.24, 2.45) is 5.92 Å². The summed E-state index contributed by atoms with van der Waals surface area (Å²) in [7, 11) is 0. The third-order valence-corrected chi connectivity index (χ3v) is 4.01. The maximum atomic E-state index is 12.1. The minimum absolute atomic E-state index is 0.0193. The van der Waals surface area contributed by atoms with E-state index >= 15 is 0 Å². The fourth-order valence-corrected chi connectivity index (χ4v) is 2.92. The molecule has 0 radical (unpaired) electrons. The van der Waals surface area contributed by atoms with Crippen molar-refractivity contribution < 1.29 is 14.6 Å². The van der Waals surface area contributed by atoms with Gasteiger partial charge in [0.25, 0.3) is 0 Å². The molecule has 1 amide bonds. The van der Waals surface area contributed by atoms with Gasteiger partial charge in [0.15, 0.2) is 0 Å². The highest BCUT2D eigenvalue weighted by atomic mass is 16.5. The number of hydrogen-bond donors (Lipinski definition) is 2. The molecule has 2 rings (SSSR count). The number of carbonyl (C=O) groups excluding carboxylic acids is 1. The van der Waals surface area contributed by atoms with Crippen LogP contribution in [0.25, 0.3) is 0 Å². The lowest BCUT2D eigenvalue weighted by molar-refractivity contribution is -0.128. The first-order chi connectivity index (χ1) is 8.22. The summed E-state index contributed by atoms with van der Waals surface area (Å²) in [6, 6.07) is -0.0469. The van der Waals surface area contributed by atoms with Crippen LogP contribution in [0.4, 0.5) is 0 Å². The largest absolute Gasteiger partial charge is 0.391 e. The molecular formula is C13H23NO3. The predicted molar refractivity (Wildman–Crippen MR) is 64.5 cm³/mol. The molecule has 0 bridgehead atoms. The van der Waals surface area contributed by atoms with Crippen LogP contribution in [0.5, 0.6) is 0 Å². The van der Waals surface area contributed by atoms with Crippen molar-refractivity contribution in [3.05, 3.63) is 0 Å². The third kappa shape index (κ3) is 2.99. The quantitative estimate of drug-likeness (QED) is 0.781. The molecule has 2 fully saturated rings. The van der Waals surface area contributed by atoms with Gasteiger partial charge in [-0.1, -0.05) is 19.8 Å². The summed E-state index contributed by atoms with van der Waals surface area (Å²) in [5.74, 6) is 0.0504. The number of hydrogen-bond acceptors (Lipinski definition) is 3. The van der Waals surface area contributed by atoms with Gasteiger partial charge in [-0.15, -0.1) is 0 Å². The first-order valence-corrected chi connectivity index (χ1v) is 6.82. The number of nitrogens with one attached hydrogen (secondary N) is 1. The van der Waals surface area contributed by atoms with Gasteiger partial charge in [-0.2, -0.15) is 0 Å². The van der Waals surface area contributed by atoms with Gasteiger partial charge in [0.1, 0.15) is 0 Å². The second-order valence-electron chi connectivity index (χ2n) is 5.18. The average Bonchev–Trinajstić information content (AvgIpc) is 2.80. The van der Waals surface area contributed by atoms with Gasteiger partial charge in [0.05, 0.1) is 24.2 Å². The zero-order valence-corrected chi connectivity index (χ0v) is 10.5. The van der Waals surface area contributed by atoms with E-state index < -0.39 is 0 Å². The normalized spacial score (nSPS) is 38.0. The maximum Gasteiger partial charge on any atom is 0.226 e. The van der Waals surface area contributed by atoms with Crippen molar-refractivity contribution in [2.75, 3.05) is 6.61 Å². The van der Waals surface area contributed by atoms with Crippen LogP contribution in [0.15, 0.2) is 0 Å². The smallest absolute Gasteiger partial charge is 0.226 e. The van der Waals surface area contributed by atoms with Crippen LogP contribution in [-0.4, -0.2) is 35.9 Å². The fraction of sp³-hybridized carbons (Fsp3) is 0.923. The number of ether oxygens (including phenoxy) is 1. The Balaban J connectivity index is 1.87. The second-order valence-corrected chi connectivity index (χ2v) is 5.18. The molecule has 1 saturated carbocycles. The van der Waals surface area contributed by atoms with E-state index in [-0.39, 0.29) is 30.1 Å². The molecule has 2 unspecified atom stereocenters. The summed E-state index contributed by atoms with van der Waals surface area (Å²) in [5, 5.41) is 12.8. The molecule has 4 atom stereocenters. The molecule has 0 aromatic carbocycles. The number of aliphatic hydroxyl groups excluding tert-OH is 1. The molecule has 0 spiro atoms. The monoisotopic (exact) mass is 241 g/mol. The van der Waals surface area contributed by atoms with Crippen LogP contribution >= 0.6 is 0 Å². The Morgan fingerprint density at radius 3 is 2.82 bits per heavy atom. The zero-order chi connectivity index (χ0) is 12.3. The van der Waals surface area contributed by atoms with E-state index in [1.165, 1.54) is 0 Å². The van der Waals surface area contributed by atoms with Crippen molar-refractivity contribution in [2.45, 2.75) is 63.7 Å². The lowest BCUT2D eigenvalue weighted by Crippen LogP contribution is -2.48. The Morgan fingerprint density at radius 1 is 1.35 bits per heavy atom. The van der Waals surface area contributed by atoms with Crippen LogP contribution in [0.3, 0.4) is 0 Å². The second kappa shape index (κ2) is 5.83. The van der Waals surface area contributed by atoms with Gasteiger partial charge in [-0.25, -0.2) is 0 Å². The van der Waals surface area contributed by atoms with Gasteiger partial charge in [-0.3, -0.25) is 4.79 Å². The van der Waals surface area contributed by atoms with Crippen molar-refractivity contribution in [1.82, 2.24) is 5.32 Å². The average molecular weight is 241 g/mol. The third-order valence-electron chi connectivity index (χ3n) is 4.01. The molecule has 17 heavy (non-hydrogen) atoms. The molecule has 2 N–H and O–H groups in total. The highest BCUT2D eigenvalue weighted by Gasteiger charge is 2.35. The summed E-state index contributed by atoms with van der Waals surface area (Å²) in [5.41, 5.74) is 0. The first-order valence-electron chi connectivity index (χ1n) is 6.82. The molecule has 1 aliphatic heterocycles. The van der Waals surface area contributed by atoms with Crippen LogP contribution in [0.2, 0.25) is 0 Å². The zero-order valence-electron chi connectivity index (χ0n) is 10.5. The van der Waals surface area contributed by atoms with Crippen LogP contribution < -0.4 is 5.32 Å². The van der Waals surface area contributed by atoms with Crippen LogP contribution in [0, 0.1) is 5.92 Å². The van der Waals surface area contributed by atoms with Gasteiger partial charge in [0, 0.05) is 6.61 Å². The van der Waals surface area contributed by atoms with Gasteiger partial charge in [0.2, 0.25) is 5.91 Å². The van der Waals surface area contributed by atoms with E-state index in [0.717, 1.165) is 38.5 Å². The number of rotatable bonds is 3. The molecule has 1 aliphatic carbocycles. The minimum Gasteiger partial charge on any atom is -0.391 e. The topological polar surface area (TPSA) is 58.6 Å². The van der Waals surface area contributed by atoms with Gasteiger partial charge in [-0.05, 0) is 25.7 Å². The van der Waals surface area contributed by atoms with Crippen molar-refractivity contribution in [1.29, 1.82) is 0 Å². The van der Waals surface area contributed by atoms with E-state index in [9.17, 15) is 9.90 Å². The Kier molecular flexibility index (Phi) is 4.40. The van der Waals surface area contributed by atoms with E-state index in [1.807, 2.05) is 6.92 Å². The molecule has 98 valence electrons. The van der Waals surface area contributed by atoms with E-state index in [2.05, 4.69) is 5.32 Å². The van der Waals surface area contributed by atoms with Crippen molar-refractivity contribution in [3.63, 3.8) is 0 Å². The molecule has 4 nitrogen and oxygen atoms in total. The molecule has 0 aromatic heterocycles. The molecule has 4 heteroatoms. The molecule has 1 heterocycles. The maximum absolute atomic E-state index is 12.1. The summed E-state index contributed by atoms with van der Waals surface area (Å²) in [6.07, 6.45) is 5.27. The summed E-state index contributed by atoms with van der Waals surface area (Å²) < 4.78 is 5.53. The predicted octanol–water partition coefficient (Wildman–Crippen LogP) is 1.22. The van der Waals surface area contributed by atoms with E-state index in [1.54, 1.807) is 0 Å². The summed E-state index contributed by atoms with van der Waals surface area (Å²) in [6.45, 7) is 2.73. The Bertz CT molecular complexity index is 269. The lowest BCUT2D eigenvalue weighted by Gasteiger charge is -2.29. The molecule has 0 aromatic rings. The molecule has 1 saturated heterocycles. The highest BCUT2D eigenvalue weighted by molar-refractivity contribution is 5.79. The van der Waals surface area contributed by atoms with E-state index in [0.29, 0.717) is 6.61 Å². The van der Waals surface area contributed by atoms with Crippen LogP contribution in [-0.2, 0) is 9.53 Å². The fourth-order valence-electron chi connectivity index (χ4n) is 2.92. The number of aliphatic hydroxyl groups is 1. The van der Waals surface area contributed by atoms with E-state index in [4.69, 9.17) is 4.74 Å². The van der Waals surface area contributed by atoms with Crippen LogP contribution in [0.1, 0.15) is 45.4 Å². The SMILES string of the molecule is CCC1OCCC1C(=O)N[C@@H]1CCCC[C@H]1O. The van der Waals surface area contributed by atoms with Crippen molar-refractivity contribution in [3.8, 4) is 0 Å². The first kappa shape index (κ1) is 12.8. The molecule has 2 aliphatic rings. The minimum atomic E-state index is -0.366. The van der Waals surface area contributed by atoms with Gasteiger partial charge >= 0.3 is 0 Å². The number of carbonyl (C=O) groups is 1. The van der Waals surface area contributed by atoms with Crippen molar-refractivity contribution >= 4 is 5.91 Å². The standard InChI is InChI=1S/C13H23NO3/c1-2-12-9(7-8-17-12)13(16)14-10-5-3-4-6-11(10)15/h9-12,15H,2-8H2,1H3,(H,14,16)/t9?,10-,11-,12?/m1/s1. The number of amides is 1. The molecular weight excluding hydrogens is 218 g/mol. The lowest BCUT2D eigenvalue weighted by atomic mass is 9.91. The highest BCUT2D eigenvalue weighted by Crippen LogP contribution is 2.25. The Hall–Kier alpha value is -0.610. The summed E-state index contributed by atoms with van der Waals surface area (Å²) in [4.78, 5) is 12.1.